The average molecular weight is 249 g/mol. The zero-order valence-electron chi connectivity index (χ0n) is 10.7. The highest BCUT2D eigenvalue weighted by atomic mass is 16.6. The molecule has 0 rings (SSSR count). The molecule has 102 valence electrons. The Morgan fingerprint density at radius 2 is 1.59 bits per heavy atom. The van der Waals surface area contributed by atoms with Gasteiger partial charge < -0.3 is 24.3 Å². The van der Waals surface area contributed by atoms with E-state index in [1.165, 1.54) is 0 Å². The van der Waals surface area contributed by atoms with Crippen LogP contribution in [-0.2, 0) is 23.7 Å². The van der Waals surface area contributed by atoms with Crippen LogP contribution >= 0.6 is 0 Å². The maximum Gasteiger partial charge on any atom is 0.332 e. The molecule has 0 amide bonds. The molecule has 6 nitrogen and oxygen atoms in total. The second-order valence-corrected chi connectivity index (χ2v) is 3.19. The van der Waals surface area contributed by atoms with Crippen LogP contribution in [0, 0.1) is 0 Å². The van der Waals surface area contributed by atoms with Crippen LogP contribution in [0.15, 0.2) is 0 Å². The zero-order chi connectivity index (χ0) is 12.8. The van der Waals surface area contributed by atoms with Crippen molar-refractivity contribution >= 4 is 5.97 Å². The van der Waals surface area contributed by atoms with E-state index >= 15 is 0 Å². The summed E-state index contributed by atoms with van der Waals surface area (Å²) in [4.78, 5) is 10.9. The summed E-state index contributed by atoms with van der Waals surface area (Å²) in [5.41, 5.74) is 0. The van der Waals surface area contributed by atoms with E-state index in [1.807, 2.05) is 7.05 Å². The molecule has 0 aliphatic heterocycles. The van der Waals surface area contributed by atoms with Crippen LogP contribution in [0.4, 0.5) is 0 Å². The smallest absolute Gasteiger partial charge is 0.332 e. The lowest BCUT2D eigenvalue weighted by Crippen LogP contribution is -2.17. The van der Waals surface area contributed by atoms with Gasteiger partial charge in [-0.1, -0.05) is 0 Å². The number of carbonyl (C=O) groups excluding carboxylic acids is 1. The van der Waals surface area contributed by atoms with Gasteiger partial charge in [-0.25, -0.2) is 4.79 Å². The second-order valence-electron chi connectivity index (χ2n) is 3.19. The predicted octanol–water partition coefficient (Wildman–Crippen LogP) is -0.181. The van der Waals surface area contributed by atoms with Gasteiger partial charge in [0, 0.05) is 6.54 Å². The van der Waals surface area contributed by atoms with E-state index in [-0.39, 0.29) is 12.6 Å². The minimum absolute atomic E-state index is 0.0180. The Balaban J connectivity index is 3.01. The molecule has 0 aromatic rings. The Kier molecular flexibility index (Phi) is 12.8. The van der Waals surface area contributed by atoms with E-state index in [0.29, 0.717) is 39.6 Å². The van der Waals surface area contributed by atoms with Gasteiger partial charge in [-0.2, -0.15) is 0 Å². The van der Waals surface area contributed by atoms with Gasteiger partial charge in [-0.3, -0.25) is 0 Å². The zero-order valence-corrected chi connectivity index (χ0v) is 10.7. The molecule has 0 aliphatic carbocycles. The fraction of sp³-hybridized carbons (Fsp3) is 0.909. The highest BCUT2D eigenvalue weighted by molar-refractivity contribution is 5.70. The van der Waals surface area contributed by atoms with Crippen molar-refractivity contribution in [3.05, 3.63) is 0 Å². The summed E-state index contributed by atoms with van der Waals surface area (Å²) in [6, 6.07) is 0. The minimum atomic E-state index is -0.345. The van der Waals surface area contributed by atoms with Gasteiger partial charge in [0.2, 0.25) is 0 Å². The topological polar surface area (TPSA) is 66.0 Å². The van der Waals surface area contributed by atoms with Crippen molar-refractivity contribution in [2.45, 2.75) is 6.92 Å². The van der Waals surface area contributed by atoms with Crippen molar-refractivity contribution in [2.75, 3.05) is 59.8 Å². The predicted molar refractivity (Wildman–Crippen MR) is 63.0 cm³/mol. The molecule has 0 fully saturated rings. The van der Waals surface area contributed by atoms with Gasteiger partial charge >= 0.3 is 5.97 Å². The van der Waals surface area contributed by atoms with Crippen LogP contribution in [-0.4, -0.2) is 65.8 Å². The fourth-order valence-corrected chi connectivity index (χ4v) is 0.972. The number of ether oxygens (including phenoxy) is 4. The normalized spacial score (nSPS) is 10.5. The van der Waals surface area contributed by atoms with Crippen LogP contribution in [0.2, 0.25) is 0 Å². The van der Waals surface area contributed by atoms with E-state index in [1.54, 1.807) is 6.92 Å². The van der Waals surface area contributed by atoms with Crippen LogP contribution in [0.5, 0.6) is 0 Å². The lowest BCUT2D eigenvalue weighted by Gasteiger charge is -2.06. The highest BCUT2D eigenvalue weighted by Crippen LogP contribution is 1.83. The number of carbonyl (C=O) groups is 1. The molecular formula is C11H23NO5. The summed E-state index contributed by atoms with van der Waals surface area (Å²) in [5.74, 6) is -0.345. The summed E-state index contributed by atoms with van der Waals surface area (Å²) in [7, 11) is 1.88. The second kappa shape index (κ2) is 13.4. The minimum Gasteiger partial charge on any atom is -0.464 e. The van der Waals surface area contributed by atoms with Crippen molar-refractivity contribution in [1.82, 2.24) is 5.32 Å². The Hall–Kier alpha value is -0.690. The summed E-state index contributed by atoms with van der Waals surface area (Å²) in [6.07, 6.45) is 0. The molecule has 17 heavy (non-hydrogen) atoms. The Labute approximate surface area is 103 Å². The summed E-state index contributed by atoms with van der Waals surface area (Å²) in [6.45, 7) is 5.58. The van der Waals surface area contributed by atoms with Gasteiger partial charge in [0.1, 0.15) is 6.61 Å². The molecule has 0 spiro atoms. The molecule has 0 saturated carbocycles. The first-order chi connectivity index (χ1) is 8.31. The maximum absolute atomic E-state index is 10.9. The van der Waals surface area contributed by atoms with E-state index in [0.717, 1.165) is 6.54 Å². The number of rotatable bonds is 12. The van der Waals surface area contributed by atoms with Gasteiger partial charge in [0.25, 0.3) is 0 Å². The van der Waals surface area contributed by atoms with Crippen molar-refractivity contribution in [3.63, 3.8) is 0 Å². The van der Waals surface area contributed by atoms with E-state index in [9.17, 15) is 4.79 Å². The molecule has 0 radical (unpaired) electrons. The molecule has 0 aromatic carbocycles. The molecule has 0 unspecified atom stereocenters. The Bertz CT molecular complexity index is 177. The summed E-state index contributed by atoms with van der Waals surface area (Å²) < 4.78 is 20.2. The molecule has 1 N–H and O–H groups in total. The molecule has 0 heterocycles. The van der Waals surface area contributed by atoms with Crippen LogP contribution in [0.1, 0.15) is 6.92 Å². The number of nitrogens with one attached hydrogen (secondary N) is 1. The number of likely N-dealkylation sites (N-methyl/N-ethyl adjacent to an activating group) is 1. The van der Waals surface area contributed by atoms with Gasteiger partial charge in [0.15, 0.2) is 0 Å². The lowest BCUT2D eigenvalue weighted by molar-refractivity contribution is -0.148. The lowest BCUT2D eigenvalue weighted by atomic mass is 10.6. The first-order valence-corrected chi connectivity index (χ1v) is 5.84. The van der Waals surface area contributed by atoms with E-state index in [4.69, 9.17) is 18.9 Å². The fourth-order valence-electron chi connectivity index (χ4n) is 0.972. The number of hydrogen-bond acceptors (Lipinski definition) is 6. The molecule has 0 aliphatic rings. The monoisotopic (exact) mass is 249 g/mol. The molecule has 0 saturated heterocycles. The maximum atomic E-state index is 10.9. The van der Waals surface area contributed by atoms with Crippen molar-refractivity contribution in [1.29, 1.82) is 0 Å². The molecule has 6 heteroatoms. The van der Waals surface area contributed by atoms with Crippen LogP contribution < -0.4 is 5.32 Å². The molecule has 0 bridgehead atoms. The van der Waals surface area contributed by atoms with Gasteiger partial charge in [-0.05, 0) is 14.0 Å². The van der Waals surface area contributed by atoms with Crippen LogP contribution in [0.3, 0.4) is 0 Å². The first kappa shape index (κ1) is 16.3. The third-order valence-corrected chi connectivity index (χ3v) is 1.77. The van der Waals surface area contributed by atoms with Crippen molar-refractivity contribution < 1.29 is 23.7 Å². The average Bonchev–Trinajstić information content (AvgIpc) is 2.32. The number of esters is 1. The Morgan fingerprint density at radius 3 is 2.18 bits per heavy atom. The van der Waals surface area contributed by atoms with Crippen LogP contribution in [0.25, 0.3) is 0 Å². The molecule has 0 atom stereocenters. The number of hydrogen-bond donors (Lipinski definition) is 1. The SMILES string of the molecule is CCOC(=O)COCCOCCOCCNC. The van der Waals surface area contributed by atoms with Gasteiger partial charge in [0.05, 0.1) is 39.6 Å². The van der Waals surface area contributed by atoms with Crippen molar-refractivity contribution in [3.8, 4) is 0 Å². The first-order valence-electron chi connectivity index (χ1n) is 5.84. The van der Waals surface area contributed by atoms with Gasteiger partial charge in [-0.15, -0.1) is 0 Å². The largest absolute Gasteiger partial charge is 0.464 e. The quantitative estimate of drug-likeness (QED) is 0.382. The summed E-state index contributed by atoms with van der Waals surface area (Å²) >= 11 is 0. The van der Waals surface area contributed by atoms with E-state index in [2.05, 4.69) is 5.32 Å². The van der Waals surface area contributed by atoms with Crippen molar-refractivity contribution in [2.24, 2.45) is 0 Å². The Morgan fingerprint density at radius 1 is 1.00 bits per heavy atom. The highest BCUT2D eigenvalue weighted by Gasteiger charge is 2.00. The molecule has 0 aromatic heterocycles. The van der Waals surface area contributed by atoms with E-state index < -0.39 is 0 Å². The molecular weight excluding hydrogens is 226 g/mol. The third kappa shape index (κ3) is 13.2. The summed E-state index contributed by atoms with van der Waals surface area (Å²) in [5, 5.41) is 2.98. The standard InChI is InChI=1S/C11H23NO5/c1-3-17-11(13)10-16-9-8-15-7-6-14-5-4-12-2/h12H,3-10H2,1-2H3. The third-order valence-electron chi connectivity index (χ3n) is 1.77.